The van der Waals surface area contributed by atoms with Crippen LogP contribution in [0, 0.1) is 5.92 Å². The Morgan fingerprint density at radius 2 is 1.96 bits per heavy atom. The van der Waals surface area contributed by atoms with Crippen molar-refractivity contribution in [3.8, 4) is 0 Å². The van der Waals surface area contributed by atoms with Gasteiger partial charge in [-0.3, -0.25) is 9.59 Å². The van der Waals surface area contributed by atoms with Gasteiger partial charge in [-0.1, -0.05) is 0 Å². The Hall–Kier alpha value is -2.17. The summed E-state index contributed by atoms with van der Waals surface area (Å²) in [6.45, 7) is 0.907. The predicted molar refractivity (Wildman–Crippen MR) is 82.0 cm³/mol. The summed E-state index contributed by atoms with van der Waals surface area (Å²) in [5.74, 6) is -2.92. The highest BCUT2D eigenvalue weighted by Gasteiger charge is 2.43. The van der Waals surface area contributed by atoms with Crippen LogP contribution in [0.5, 0.6) is 0 Å². The van der Waals surface area contributed by atoms with Crippen LogP contribution in [-0.4, -0.2) is 75.2 Å². The molecule has 1 unspecified atom stereocenters. The van der Waals surface area contributed by atoms with Gasteiger partial charge >= 0.3 is 5.97 Å². The van der Waals surface area contributed by atoms with Crippen LogP contribution in [0.2, 0.25) is 0 Å². The number of aliphatic carboxylic acids is 1. The van der Waals surface area contributed by atoms with Gasteiger partial charge in [0.25, 0.3) is 0 Å². The molecule has 0 aromatic carbocycles. The van der Waals surface area contributed by atoms with Crippen LogP contribution in [0.15, 0.2) is 11.8 Å². The molecule has 0 aromatic rings. The molecule has 0 bridgehead atoms. The fourth-order valence-corrected chi connectivity index (χ4v) is 2.55. The fourth-order valence-electron chi connectivity index (χ4n) is 2.55. The summed E-state index contributed by atoms with van der Waals surface area (Å²) in [6, 6.07) is -1.16. The summed E-state index contributed by atoms with van der Waals surface area (Å²) < 4.78 is 5.15. The average Bonchev–Trinajstić information content (AvgIpc) is 3.37. The van der Waals surface area contributed by atoms with E-state index in [9.17, 15) is 29.7 Å². The smallest absolute Gasteiger partial charge is 0.370 e. The van der Waals surface area contributed by atoms with Gasteiger partial charge in [-0.2, -0.15) is 0 Å². The molecule has 10 heteroatoms. The maximum Gasteiger partial charge on any atom is 0.370 e. The SMILES string of the molecule is CC(=O)N[C@H]1C([C@H](O)[C@H](O)CNC(=O)C2CC2)OC(C(=O)O)=C[C@H]1O. The second-order valence-corrected chi connectivity index (χ2v) is 6.21. The number of nitrogens with one attached hydrogen (secondary N) is 2. The Morgan fingerprint density at radius 1 is 1.32 bits per heavy atom. The first kappa shape index (κ1) is 19.2. The number of carbonyl (C=O) groups excluding carboxylic acids is 2. The lowest BCUT2D eigenvalue weighted by Gasteiger charge is -2.38. The van der Waals surface area contributed by atoms with Crippen molar-refractivity contribution in [1.29, 1.82) is 0 Å². The molecule has 1 saturated carbocycles. The third-order valence-corrected chi connectivity index (χ3v) is 4.05. The summed E-state index contributed by atoms with van der Waals surface area (Å²) in [6.07, 6.45) is -3.54. The fraction of sp³-hybridized carbons (Fsp3) is 0.667. The Bertz CT molecular complexity index is 574. The lowest BCUT2D eigenvalue weighted by Crippen LogP contribution is -2.60. The maximum atomic E-state index is 11.6. The zero-order chi connectivity index (χ0) is 18.7. The average molecular weight is 358 g/mol. The third-order valence-electron chi connectivity index (χ3n) is 4.05. The van der Waals surface area contributed by atoms with E-state index in [4.69, 9.17) is 9.84 Å². The molecule has 1 aliphatic heterocycles. The molecule has 6 N–H and O–H groups in total. The molecule has 10 nitrogen and oxygen atoms in total. The number of amides is 2. The molecule has 0 spiro atoms. The largest absolute Gasteiger partial charge is 0.478 e. The van der Waals surface area contributed by atoms with Crippen molar-refractivity contribution in [3.63, 3.8) is 0 Å². The Kier molecular flexibility index (Phi) is 5.98. The van der Waals surface area contributed by atoms with Crippen molar-refractivity contribution < 1.29 is 39.5 Å². The molecule has 0 radical (unpaired) electrons. The van der Waals surface area contributed by atoms with Gasteiger partial charge in [-0.15, -0.1) is 0 Å². The van der Waals surface area contributed by atoms with Crippen LogP contribution < -0.4 is 10.6 Å². The predicted octanol–water partition coefficient (Wildman–Crippen LogP) is -2.53. The number of rotatable bonds is 7. The van der Waals surface area contributed by atoms with Crippen LogP contribution in [0.25, 0.3) is 0 Å². The zero-order valence-electron chi connectivity index (χ0n) is 13.6. The molecule has 2 rings (SSSR count). The molecule has 0 aromatic heterocycles. The number of aliphatic hydroxyl groups excluding tert-OH is 3. The van der Waals surface area contributed by atoms with E-state index in [1.807, 2.05) is 0 Å². The van der Waals surface area contributed by atoms with Crippen LogP contribution >= 0.6 is 0 Å². The summed E-state index contributed by atoms with van der Waals surface area (Å²) in [5, 5.41) is 44.3. The standard InChI is InChI=1S/C15H22N2O8/c1-6(18)17-11-8(19)4-10(15(23)24)25-13(11)12(21)9(20)5-16-14(22)7-2-3-7/h4,7-9,11-13,19-21H,2-3,5H2,1H3,(H,16,22)(H,17,18)(H,23,24)/t8-,9-,11-,12-,13?/m1/s1. The van der Waals surface area contributed by atoms with Crippen molar-refractivity contribution in [2.75, 3.05) is 6.54 Å². The second kappa shape index (κ2) is 7.81. The van der Waals surface area contributed by atoms with E-state index in [2.05, 4.69) is 10.6 Å². The van der Waals surface area contributed by atoms with Crippen molar-refractivity contribution in [1.82, 2.24) is 10.6 Å². The first-order valence-corrected chi connectivity index (χ1v) is 7.91. The van der Waals surface area contributed by atoms with Crippen LogP contribution in [0.3, 0.4) is 0 Å². The summed E-state index contributed by atoms with van der Waals surface area (Å²) in [7, 11) is 0. The van der Waals surface area contributed by atoms with Gasteiger partial charge < -0.3 is 35.8 Å². The molecular formula is C15H22N2O8. The van der Waals surface area contributed by atoms with E-state index in [0.717, 1.165) is 18.9 Å². The number of hydrogen-bond acceptors (Lipinski definition) is 7. The van der Waals surface area contributed by atoms with E-state index < -0.39 is 48.1 Å². The summed E-state index contributed by atoms with van der Waals surface area (Å²) in [4.78, 5) is 34.0. The van der Waals surface area contributed by atoms with Gasteiger partial charge in [0.2, 0.25) is 17.6 Å². The zero-order valence-corrected chi connectivity index (χ0v) is 13.6. The Balaban J connectivity index is 2.07. The molecule has 25 heavy (non-hydrogen) atoms. The van der Waals surface area contributed by atoms with E-state index in [-0.39, 0.29) is 18.4 Å². The highest BCUT2D eigenvalue weighted by Crippen LogP contribution is 2.28. The highest BCUT2D eigenvalue weighted by molar-refractivity contribution is 5.84. The number of carbonyl (C=O) groups is 3. The lowest BCUT2D eigenvalue weighted by atomic mass is 9.93. The molecule has 1 heterocycles. The third kappa shape index (κ3) is 4.91. The van der Waals surface area contributed by atoms with Gasteiger partial charge in [0.05, 0.1) is 6.04 Å². The van der Waals surface area contributed by atoms with E-state index >= 15 is 0 Å². The lowest BCUT2D eigenvalue weighted by molar-refractivity contribution is -0.147. The van der Waals surface area contributed by atoms with Crippen LogP contribution in [0.4, 0.5) is 0 Å². The minimum atomic E-state index is -1.66. The van der Waals surface area contributed by atoms with Gasteiger partial charge in [-0.25, -0.2) is 4.79 Å². The molecule has 1 fully saturated rings. The summed E-state index contributed by atoms with van der Waals surface area (Å²) >= 11 is 0. The molecule has 0 saturated heterocycles. The van der Waals surface area contributed by atoms with E-state index in [1.54, 1.807) is 0 Å². The number of carboxylic acids is 1. The molecular weight excluding hydrogens is 336 g/mol. The van der Waals surface area contributed by atoms with E-state index in [0.29, 0.717) is 0 Å². The Morgan fingerprint density at radius 3 is 2.48 bits per heavy atom. The van der Waals surface area contributed by atoms with Crippen LogP contribution in [-0.2, 0) is 19.1 Å². The molecule has 2 aliphatic rings. The second-order valence-electron chi connectivity index (χ2n) is 6.21. The minimum absolute atomic E-state index is 0.0780. The van der Waals surface area contributed by atoms with Crippen molar-refractivity contribution in [2.45, 2.75) is 50.2 Å². The molecule has 1 aliphatic carbocycles. The normalized spacial score (nSPS) is 28.2. The molecule has 2 amide bonds. The van der Waals surface area contributed by atoms with Gasteiger partial charge in [0.1, 0.15) is 18.3 Å². The summed E-state index contributed by atoms with van der Waals surface area (Å²) in [5.41, 5.74) is 0. The van der Waals surface area contributed by atoms with Gasteiger partial charge in [0.15, 0.2) is 6.10 Å². The monoisotopic (exact) mass is 358 g/mol. The highest BCUT2D eigenvalue weighted by atomic mass is 16.5. The number of carboxylic acid groups (broad SMARTS) is 1. The number of ether oxygens (including phenoxy) is 1. The first-order chi connectivity index (χ1) is 11.7. The minimum Gasteiger partial charge on any atom is -0.478 e. The van der Waals surface area contributed by atoms with Crippen LogP contribution in [0.1, 0.15) is 19.8 Å². The number of hydrogen-bond donors (Lipinski definition) is 6. The maximum absolute atomic E-state index is 11.6. The first-order valence-electron chi connectivity index (χ1n) is 7.91. The van der Waals surface area contributed by atoms with Crippen molar-refractivity contribution >= 4 is 17.8 Å². The Labute approximate surface area is 143 Å². The molecule has 5 atom stereocenters. The van der Waals surface area contributed by atoms with Crippen molar-refractivity contribution in [2.24, 2.45) is 5.92 Å². The van der Waals surface area contributed by atoms with Gasteiger partial charge in [0, 0.05) is 19.4 Å². The molecule has 140 valence electrons. The topological polar surface area (TPSA) is 165 Å². The van der Waals surface area contributed by atoms with Crippen molar-refractivity contribution in [3.05, 3.63) is 11.8 Å². The van der Waals surface area contributed by atoms with Gasteiger partial charge in [-0.05, 0) is 18.9 Å². The van der Waals surface area contributed by atoms with E-state index in [1.165, 1.54) is 6.92 Å². The quantitative estimate of drug-likeness (QED) is 0.290. The number of aliphatic hydroxyl groups is 3.